The minimum atomic E-state index is 0.0765. The second kappa shape index (κ2) is 12.0. The predicted molar refractivity (Wildman–Crippen MR) is 220 cm³/mol. The van der Waals surface area contributed by atoms with Gasteiger partial charge in [0.1, 0.15) is 22.3 Å². The molecular formula is C51H32O3. The van der Waals surface area contributed by atoms with Gasteiger partial charge >= 0.3 is 0 Å². The highest BCUT2D eigenvalue weighted by molar-refractivity contribution is 6.13. The van der Waals surface area contributed by atoms with E-state index in [1.165, 1.54) is 0 Å². The molecule has 11 rings (SSSR count). The smallest absolute Gasteiger partial charge is 0.193 e. The fourth-order valence-electron chi connectivity index (χ4n) is 8.47. The molecule has 0 fully saturated rings. The fraction of sp³-hybridized carbons (Fsp3) is 0.0392. The van der Waals surface area contributed by atoms with Crippen molar-refractivity contribution in [2.75, 3.05) is 0 Å². The molecule has 3 nitrogen and oxygen atoms in total. The zero-order valence-corrected chi connectivity index (χ0v) is 29.3. The minimum Gasteiger partial charge on any atom is -0.455 e. The second-order valence-corrected chi connectivity index (χ2v) is 14.3. The largest absolute Gasteiger partial charge is 0.455 e. The quantitative estimate of drug-likeness (QED) is 0.184. The molecule has 54 heavy (non-hydrogen) atoms. The summed E-state index contributed by atoms with van der Waals surface area (Å²) in [5.41, 5.74) is 15.7. The van der Waals surface area contributed by atoms with Gasteiger partial charge in [-0.05, 0) is 93.7 Å². The Kier molecular flexibility index (Phi) is 6.83. The predicted octanol–water partition coefficient (Wildman–Crippen LogP) is 13.5. The van der Waals surface area contributed by atoms with Gasteiger partial charge in [-0.1, -0.05) is 133 Å². The molecule has 0 amide bonds. The van der Waals surface area contributed by atoms with Crippen molar-refractivity contribution in [1.82, 2.24) is 0 Å². The van der Waals surface area contributed by atoms with Gasteiger partial charge in [-0.2, -0.15) is 0 Å². The first-order valence-electron chi connectivity index (χ1n) is 18.5. The number of para-hydroxylation sites is 4. The molecule has 0 aliphatic heterocycles. The maximum Gasteiger partial charge on any atom is 0.193 e. The molecule has 254 valence electrons. The molecule has 2 heterocycles. The van der Waals surface area contributed by atoms with E-state index in [0.717, 1.165) is 123 Å². The number of carbonyl (C=O) groups excluding carboxylic acids is 1. The van der Waals surface area contributed by atoms with Gasteiger partial charge in [-0.3, -0.25) is 4.79 Å². The van der Waals surface area contributed by atoms with Gasteiger partial charge in [0.2, 0.25) is 0 Å². The molecule has 0 spiro atoms. The van der Waals surface area contributed by atoms with Crippen LogP contribution >= 0.6 is 0 Å². The number of aryl methyl sites for hydroxylation is 2. The molecule has 0 saturated heterocycles. The normalized spacial score (nSPS) is 12.7. The van der Waals surface area contributed by atoms with Crippen molar-refractivity contribution in [3.63, 3.8) is 0 Å². The molecule has 2 aromatic heterocycles. The number of carbonyl (C=O) groups is 1. The summed E-state index contributed by atoms with van der Waals surface area (Å²) in [7, 11) is 0. The molecule has 0 saturated carbocycles. The van der Waals surface area contributed by atoms with Crippen LogP contribution < -0.4 is 0 Å². The summed E-state index contributed by atoms with van der Waals surface area (Å²) in [6, 6.07) is 58.9. The summed E-state index contributed by atoms with van der Waals surface area (Å²) >= 11 is 0. The molecule has 1 aliphatic carbocycles. The van der Waals surface area contributed by atoms with Crippen LogP contribution in [0.3, 0.4) is 0 Å². The van der Waals surface area contributed by atoms with E-state index in [-0.39, 0.29) is 5.78 Å². The number of ketones is 1. The summed E-state index contributed by atoms with van der Waals surface area (Å²) in [6.07, 6.45) is 1.64. The third kappa shape index (κ3) is 4.86. The van der Waals surface area contributed by atoms with Gasteiger partial charge in [0.15, 0.2) is 5.78 Å². The molecule has 0 unspecified atom stereocenters. The first-order chi connectivity index (χ1) is 26.7. The van der Waals surface area contributed by atoms with Crippen LogP contribution in [0.25, 0.3) is 88.4 Å². The SMILES string of the molecule is O=C1c2cc(-c3cccc(-c4cccc5c4oc4ccccc45)c3)ccc2CCc2ccc(-c3cccc(-c4cccc5c4oc4ccccc45)c3)cc21. The van der Waals surface area contributed by atoms with Crippen molar-refractivity contribution >= 4 is 49.7 Å². The number of hydrogen-bond acceptors (Lipinski definition) is 3. The second-order valence-electron chi connectivity index (χ2n) is 14.3. The topological polar surface area (TPSA) is 43.4 Å². The summed E-state index contributed by atoms with van der Waals surface area (Å²) in [4.78, 5) is 14.5. The lowest BCUT2D eigenvalue weighted by Crippen LogP contribution is -2.05. The Balaban J connectivity index is 0.951. The Morgan fingerprint density at radius 1 is 0.333 bits per heavy atom. The Morgan fingerprint density at radius 2 is 0.741 bits per heavy atom. The third-order valence-corrected chi connectivity index (χ3v) is 11.2. The Morgan fingerprint density at radius 3 is 1.24 bits per heavy atom. The Bertz CT molecular complexity index is 2930. The van der Waals surface area contributed by atoms with E-state index >= 15 is 0 Å². The van der Waals surface area contributed by atoms with Crippen LogP contribution in [-0.4, -0.2) is 5.78 Å². The summed E-state index contributed by atoms with van der Waals surface area (Å²) in [6.45, 7) is 0. The molecular weight excluding hydrogens is 661 g/mol. The van der Waals surface area contributed by atoms with E-state index in [4.69, 9.17) is 8.83 Å². The van der Waals surface area contributed by atoms with Crippen LogP contribution in [0.5, 0.6) is 0 Å². The molecule has 1 aliphatic rings. The highest BCUT2D eigenvalue weighted by Crippen LogP contribution is 2.40. The lowest BCUT2D eigenvalue weighted by atomic mass is 9.91. The van der Waals surface area contributed by atoms with E-state index in [0.29, 0.717) is 0 Å². The highest BCUT2D eigenvalue weighted by atomic mass is 16.3. The van der Waals surface area contributed by atoms with Gasteiger partial charge in [0.25, 0.3) is 0 Å². The third-order valence-electron chi connectivity index (χ3n) is 11.2. The number of furan rings is 2. The van der Waals surface area contributed by atoms with Crippen LogP contribution in [0.4, 0.5) is 0 Å². The number of rotatable bonds is 4. The first kappa shape index (κ1) is 30.6. The molecule has 0 atom stereocenters. The van der Waals surface area contributed by atoms with Crippen LogP contribution in [0.1, 0.15) is 27.0 Å². The van der Waals surface area contributed by atoms with Crippen molar-refractivity contribution in [2.45, 2.75) is 12.8 Å². The number of benzene rings is 8. The van der Waals surface area contributed by atoms with Crippen LogP contribution in [0, 0.1) is 0 Å². The van der Waals surface area contributed by atoms with Crippen molar-refractivity contribution in [3.05, 3.63) is 192 Å². The summed E-state index contributed by atoms with van der Waals surface area (Å²) in [5.74, 6) is 0.0765. The van der Waals surface area contributed by atoms with Crippen LogP contribution in [0.15, 0.2) is 179 Å². The van der Waals surface area contributed by atoms with Gasteiger partial charge in [-0.15, -0.1) is 0 Å². The molecule has 8 aromatic carbocycles. The average molecular weight is 693 g/mol. The van der Waals surface area contributed by atoms with Gasteiger partial charge in [0, 0.05) is 43.8 Å². The maximum atomic E-state index is 14.5. The highest BCUT2D eigenvalue weighted by Gasteiger charge is 2.23. The van der Waals surface area contributed by atoms with E-state index in [1.807, 2.05) is 36.4 Å². The van der Waals surface area contributed by atoms with Crippen molar-refractivity contribution in [3.8, 4) is 44.5 Å². The van der Waals surface area contributed by atoms with E-state index < -0.39 is 0 Å². The zero-order chi connectivity index (χ0) is 35.8. The minimum absolute atomic E-state index is 0.0765. The van der Waals surface area contributed by atoms with Gasteiger partial charge < -0.3 is 8.83 Å². The molecule has 0 N–H and O–H groups in total. The molecule has 0 bridgehead atoms. The van der Waals surface area contributed by atoms with Crippen molar-refractivity contribution in [2.24, 2.45) is 0 Å². The van der Waals surface area contributed by atoms with E-state index in [2.05, 4.69) is 133 Å². The van der Waals surface area contributed by atoms with E-state index in [9.17, 15) is 4.79 Å². The van der Waals surface area contributed by atoms with Crippen LogP contribution in [-0.2, 0) is 12.8 Å². The number of fused-ring (bicyclic) bond motifs is 8. The molecule has 0 radical (unpaired) electrons. The molecule has 3 heteroatoms. The fourth-order valence-corrected chi connectivity index (χ4v) is 8.47. The van der Waals surface area contributed by atoms with Crippen LogP contribution in [0.2, 0.25) is 0 Å². The number of hydrogen-bond donors (Lipinski definition) is 0. The Labute approximate surface area is 311 Å². The maximum absolute atomic E-state index is 14.5. The standard InChI is InChI=1S/C51H32O3/c52-49-45-29-35(33-9-5-11-37(27-33)39-15-7-17-43-41-13-1-3-19-47(41)53-50(39)43)25-23-31(45)21-22-32-24-26-36(30-46(32)49)34-10-6-12-38(28-34)40-16-8-18-44-42-14-2-4-20-48(42)54-51(40)44/h1-20,23-30H,21-22H2. The first-order valence-corrected chi connectivity index (χ1v) is 18.5. The molecule has 10 aromatic rings. The van der Waals surface area contributed by atoms with Gasteiger partial charge in [0.05, 0.1) is 0 Å². The monoisotopic (exact) mass is 692 g/mol. The Hall–Kier alpha value is -6.97. The summed E-state index contributed by atoms with van der Waals surface area (Å²) < 4.78 is 12.7. The lowest BCUT2D eigenvalue weighted by Gasteiger charge is -2.12. The summed E-state index contributed by atoms with van der Waals surface area (Å²) in [5, 5.41) is 4.45. The lowest BCUT2D eigenvalue weighted by molar-refractivity contribution is 0.103. The van der Waals surface area contributed by atoms with E-state index in [1.54, 1.807) is 0 Å². The average Bonchev–Trinajstić information content (AvgIpc) is 3.77. The van der Waals surface area contributed by atoms with Gasteiger partial charge in [-0.25, -0.2) is 0 Å². The van der Waals surface area contributed by atoms with Crippen molar-refractivity contribution in [1.29, 1.82) is 0 Å². The van der Waals surface area contributed by atoms with Crippen molar-refractivity contribution < 1.29 is 13.6 Å². The zero-order valence-electron chi connectivity index (χ0n) is 29.3.